The molecular weight excluding hydrogens is 240 g/mol. The number of nitrogens with zero attached hydrogens (tertiary/aromatic N) is 1. The summed E-state index contributed by atoms with van der Waals surface area (Å²) in [6.45, 7) is 0.809. The van der Waals surface area contributed by atoms with Crippen LogP contribution in [0.3, 0.4) is 0 Å². The molecule has 0 aliphatic heterocycles. The minimum atomic E-state index is 0.809. The molecule has 3 heteroatoms. The van der Waals surface area contributed by atoms with Crippen molar-refractivity contribution in [3.63, 3.8) is 0 Å². The van der Waals surface area contributed by atoms with Crippen LogP contribution in [0.4, 0.5) is 0 Å². The summed E-state index contributed by atoms with van der Waals surface area (Å²) in [5.74, 6) is 0. The van der Waals surface area contributed by atoms with Crippen molar-refractivity contribution in [2.75, 3.05) is 6.26 Å². The summed E-state index contributed by atoms with van der Waals surface area (Å²) in [7, 11) is 0. The first-order valence-corrected chi connectivity index (χ1v) is 7.65. The maximum Gasteiger partial charge on any atom is 0.0862 e. The second-order valence-electron chi connectivity index (χ2n) is 4.52. The lowest BCUT2D eigenvalue weighted by Gasteiger charge is -2.28. The van der Waals surface area contributed by atoms with E-state index in [4.69, 9.17) is 5.41 Å². The lowest BCUT2D eigenvalue weighted by atomic mass is 10.0. The van der Waals surface area contributed by atoms with Crippen molar-refractivity contribution in [3.8, 4) is 0 Å². The van der Waals surface area contributed by atoms with E-state index in [-0.39, 0.29) is 0 Å². The number of hydrogen-bond donors (Lipinski definition) is 1. The highest BCUT2D eigenvalue weighted by Gasteiger charge is 2.17. The topological polar surface area (TPSA) is 27.1 Å². The van der Waals surface area contributed by atoms with Crippen LogP contribution in [0, 0.1) is 5.41 Å². The number of nitrogens with one attached hydrogen (secondary N) is 1. The Labute approximate surface area is 114 Å². The molecule has 18 heavy (non-hydrogen) atoms. The highest BCUT2D eigenvalue weighted by Crippen LogP contribution is 2.33. The summed E-state index contributed by atoms with van der Waals surface area (Å²) < 4.78 is 0. The van der Waals surface area contributed by atoms with E-state index in [1.807, 2.05) is 17.8 Å². The summed E-state index contributed by atoms with van der Waals surface area (Å²) >= 11 is 1.84. The molecule has 0 unspecified atom stereocenters. The average molecular weight is 260 g/mol. The first kappa shape index (κ1) is 13.2. The van der Waals surface area contributed by atoms with Crippen molar-refractivity contribution < 1.29 is 0 Å². The quantitative estimate of drug-likeness (QED) is 0.633. The van der Waals surface area contributed by atoms with Crippen LogP contribution in [0.25, 0.3) is 0 Å². The Morgan fingerprint density at radius 2 is 1.94 bits per heavy atom. The van der Waals surface area contributed by atoms with Crippen molar-refractivity contribution in [1.82, 2.24) is 4.90 Å². The first-order chi connectivity index (χ1) is 8.85. The van der Waals surface area contributed by atoms with Crippen LogP contribution in [0.2, 0.25) is 0 Å². The van der Waals surface area contributed by atoms with E-state index in [2.05, 4.69) is 35.4 Å². The van der Waals surface area contributed by atoms with Gasteiger partial charge in [-0.1, -0.05) is 30.3 Å². The minimum absolute atomic E-state index is 0.809. The van der Waals surface area contributed by atoms with E-state index in [0.29, 0.717) is 0 Å². The Kier molecular flexibility index (Phi) is 4.88. The molecule has 0 radical (unpaired) electrons. The van der Waals surface area contributed by atoms with E-state index < -0.39 is 0 Å². The third-order valence-electron chi connectivity index (χ3n) is 3.33. The molecule has 96 valence electrons. The van der Waals surface area contributed by atoms with E-state index in [1.54, 1.807) is 0 Å². The molecule has 0 saturated heterocycles. The summed E-state index contributed by atoms with van der Waals surface area (Å²) in [5.41, 5.74) is 2.62. The zero-order valence-corrected chi connectivity index (χ0v) is 11.7. The van der Waals surface area contributed by atoms with Gasteiger partial charge in [0.1, 0.15) is 0 Å². The third kappa shape index (κ3) is 3.16. The zero-order chi connectivity index (χ0) is 12.8. The van der Waals surface area contributed by atoms with Crippen molar-refractivity contribution in [3.05, 3.63) is 46.5 Å². The lowest BCUT2D eigenvalue weighted by molar-refractivity contribution is 0.466. The van der Waals surface area contributed by atoms with Gasteiger partial charge in [0.15, 0.2) is 0 Å². The van der Waals surface area contributed by atoms with Crippen LogP contribution < -0.4 is 0 Å². The Morgan fingerprint density at radius 1 is 1.22 bits per heavy atom. The van der Waals surface area contributed by atoms with Gasteiger partial charge >= 0.3 is 0 Å². The lowest BCUT2D eigenvalue weighted by Crippen LogP contribution is -2.23. The van der Waals surface area contributed by atoms with Crippen molar-refractivity contribution >= 4 is 18.1 Å². The SMILES string of the molecule is CSC1=C(N(C=N)Cc2ccccc2)CCCC1. The summed E-state index contributed by atoms with van der Waals surface area (Å²) in [4.78, 5) is 3.56. The monoisotopic (exact) mass is 260 g/mol. The second kappa shape index (κ2) is 6.64. The van der Waals surface area contributed by atoms with E-state index in [9.17, 15) is 0 Å². The maximum absolute atomic E-state index is 7.67. The summed E-state index contributed by atoms with van der Waals surface area (Å²) in [5, 5.41) is 7.67. The van der Waals surface area contributed by atoms with Gasteiger partial charge in [-0.25, -0.2) is 0 Å². The molecule has 0 atom stereocenters. The van der Waals surface area contributed by atoms with Crippen LogP contribution in [-0.4, -0.2) is 17.5 Å². The number of thioether (sulfide) groups is 1. The number of allylic oxidation sites excluding steroid dienone is 2. The van der Waals surface area contributed by atoms with Crippen LogP contribution in [0.1, 0.15) is 31.2 Å². The average Bonchev–Trinajstić information content (AvgIpc) is 2.46. The molecule has 0 bridgehead atoms. The number of rotatable bonds is 5. The minimum Gasteiger partial charge on any atom is -0.331 e. The van der Waals surface area contributed by atoms with Gasteiger partial charge in [0.25, 0.3) is 0 Å². The highest BCUT2D eigenvalue weighted by molar-refractivity contribution is 8.02. The van der Waals surface area contributed by atoms with Gasteiger partial charge in [0.05, 0.1) is 6.34 Å². The number of benzene rings is 1. The van der Waals surface area contributed by atoms with Crippen LogP contribution in [-0.2, 0) is 6.54 Å². The van der Waals surface area contributed by atoms with E-state index >= 15 is 0 Å². The van der Waals surface area contributed by atoms with Gasteiger partial charge in [0, 0.05) is 17.1 Å². The van der Waals surface area contributed by atoms with E-state index in [1.165, 1.54) is 41.8 Å². The Bertz CT molecular complexity index is 425. The summed E-state index contributed by atoms with van der Waals surface area (Å²) in [6, 6.07) is 10.4. The largest absolute Gasteiger partial charge is 0.331 e. The van der Waals surface area contributed by atoms with Gasteiger partial charge in [0.2, 0.25) is 0 Å². The standard InChI is InChI=1S/C15H20N2S/c1-18-15-10-6-5-9-14(15)17(12-16)11-13-7-3-2-4-8-13/h2-4,7-8,12,16H,5-6,9-11H2,1H3. The Balaban J connectivity index is 2.17. The van der Waals surface area contributed by atoms with Crippen LogP contribution in [0.15, 0.2) is 40.9 Å². The van der Waals surface area contributed by atoms with E-state index in [0.717, 1.165) is 13.0 Å². The van der Waals surface area contributed by atoms with Gasteiger partial charge in [-0.2, -0.15) is 0 Å². The fraction of sp³-hybridized carbons (Fsp3) is 0.400. The molecule has 1 aromatic carbocycles. The first-order valence-electron chi connectivity index (χ1n) is 6.42. The van der Waals surface area contributed by atoms with Crippen molar-refractivity contribution in [2.45, 2.75) is 32.2 Å². The molecule has 2 nitrogen and oxygen atoms in total. The summed E-state index contributed by atoms with van der Waals surface area (Å²) in [6.07, 6.45) is 8.44. The molecular formula is C15H20N2S. The number of hydrogen-bond acceptors (Lipinski definition) is 2. The van der Waals surface area contributed by atoms with Gasteiger partial charge < -0.3 is 4.90 Å². The fourth-order valence-electron chi connectivity index (χ4n) is 2.38. The van der Waals surface area contributed by atoms with Gasteiger partial charge in [-0.15, -0.1) is 11.8 Å². The molecule has 1 aliphatic rings. The molecule has 0 saturated carbocycles. The molecule has 0 spiro atoms. The van der Waals surface area contributed by atoms with Gasteiger partial charge in [-0.05, 0) is 37.5 Å². The van der Waals surface area contributed by atoms with Crippen LogP contribution in [0.5, 0.6) is 0 Å². The normalized spacial score (nSPS) is 15.6. The molecule has 1 N–H and O–H groups in total. The molecule has 2 rings (SSSR count). The van der Waals surface area contributed by atoms with Crippen molar-refractivity contribution in [2.24, 2.45) is 0 Å². The third-order valence-corrected chi connectivity index (χ3v) is 4.27. The maximum atomic E-state index is 7.67. The molecule has 0 heterocycles. The van der Waals surface area contributed by atoms with Crippen LogP contribution >= 0.6 is 11.8 Å². The Hall–Kier alpha value is -1.22. The molecule has 0 aromatic heterocycles. The highest BCUT2D eigenvalue weighted by atomic mass is 32.2. The second-order valence-corrected chi connectivity index (χ2v) is 5.42. The molecule has 0 fully saturated rings. The van der Waals surface area contributed by atoms with Gasteiger partial charge in [-0.3, -0.25) is 5.41 Å². The predicted octanol–water partition coefficient (Wildman–Crippen LogP) is 4.24. The molecule has 1 aliphatic carbocycles. The fourth-order valence-corrected chi connectivity index (χ4v) is 3.19. The molecule has 0 amide bonds. The zero-order valence-electron chi connectivity index (χ0n) is 10.9. The Morgan fingerprint density at radius 3 is 2.61 bits per heavy atom. The predicted molar refractivity (Wildman–Crippen MR) is 79.8 cm³/mol. The molecule has 1 aromatic rings. The smallest absolute Gasteiger partial charge is 0.0862 e. The van der Waals surface area contributed by atoms with Crippen molar-refractivity contribution in [1.29, 1.82) is 5.41 Å².